The van der Waals surface area contributed by atoms with Crippen molar-refractivity contribution >= 4 is 11.6 Å². The minimum Gasteiger partial charge on any atom is -0.492 e. The third-order valence-corrected chi connectivity index (χ3v) is 1.91. The van der Waals surface area contributed by atoms with Crippen LogP contribution in [-0.4, -0.2) is 18.4 Å². The zero-order valence-electron chi connectivity index (χ0n) is 7.50. The Kier molecular flexibility index (Phi) is 4.66. The molecule has 1 nitrogen and oxygen atoms in total. The third kappa shape index (κ3) is 4.42. The largest absolute Gasteiger partial charge is 0.492 e. The summed E-state index contributed by atoms with van der Waals surface area (Å²) >= 11 is 5.62. The van der Waals surface area contributed by atoms with Crippen LogP contribution in [0.15, 0.2) is 30.3 Å². The molecule has 0 radical (unpaired) electrons. The smallest absolute Gasteiger partial charge is 0.240 e. The maximum Gasteiger partial charge on any atom is 0.240 e. The first-order chi connectivity index (χ1) is 6.68. The van der Waals surface area contributed by atoms with Gasteiger partial charge in [0.15, 0.2) is 0 Å². The van der Waals surface area contributed by atoms with Crippen LogP contribution in [0.2, 0.25) is 0 Å². The van der Waals surface area contributed by atoms with E-state index in [9.17, 15) is 8.78 Å². The molecular weight excluding hydrogens is 210 g/mol. The Morgan fingerprint density at radius 3 is 2.43 bits per heavy atom. The number of hydrogen-bond acceptors (Lipinski definition) is 1. The molecule has 0 N–H and O–H groups in total. The molecular formula is C10H11ClF2O. The standard InChI is InChI=1S/C10H11ClF2O/c11-8(6-10(12)13)7-14-9-4-2-1-3-5-9/h1-5,8,10H,6-7H2. The highest BCUT2D eigenvalue weighted by molar-refractivity contribution is 6.20. The van der Waals surface area contributed by atoms with Crippen molar-refractivity contribution in [2.45, 2.75) is 18.2 Å². The topological polar surface area (TPSA) is 9.23 Å². The number of para-hydroxylation sites is 1. The van der Waals surface area contributed by atoms with Gasteiger partial charge in [-0.05, 0) is 12.1 Å². The fourth-order valence-electron chi connectivity index (χ4n) is 0.965. The van der Waals surface area contributed by atoms with E-state index < -0.39 is 11.8 Å². The van der Waals surface area contributed by atoms with E-state index in [0.717, 1.165) is 0 Å². The molecule has 1 unspecified atom stereocenters. The molecule has 0 aromatic heterocycles. The highest BCUT2D eigenvalue weighted by Crippen LogP contribution is 2.13. The normalized spacial score (nSPS) is 12.9. The van der Waals surface area contributed by atoms with E-state index in [1.165, 1.54) is 0 Å². The zero-order chi connectivity index (χ0) is 10.4. The quantitative estimate of drug-likeness (QED) is 0.692. The second-order valence-electron chi connectivity index (χ2n) is 2.85. The summed E-state index contributed by atoms with van der Waals surface area (Å²) in [5, 5.41) is -0.643. The Morgan fingerprint density at radius 1 is 1.21 bits per heavy atom. The van der Waals surface area contributed by atoms with E-state index >= 15 is 0 Å². The summed E-state index contributed by atoms with van der Waals surface area (Å²) in [5.41, 5.74) is 0. The maximum atomic E-state index is 11.9. The van der Waals surface area contributed by atoms with Crippen molar-refractivity contribution in [1.29, 1.82) is 0 Å². The van der Waals surface area contributed by atoms with Crippen molar-refractivity contribution in [1.82, 2.24) is 0 Å². The third-order valence-electron chi connectivity index (χ3n) is 1.61. The lowest BCUT2D eigenvalue weighted by Gasteiger charge is -2.10. The zero-order valence-corrected chi connectivity index (χ0v) is 8.25. The van der Waals surface area contributed by atoms with E-state index in [2.05, 4.69) is 0 Å². The molecule has 0 heterocycles. The van der Waals surface area contributed by atoms with E-state index in [1.54, 1.807) is 12.1 Å². The second-order valence-corrected chi connectivity index (χ2v) is 3.47. The molecule has 0 aliphatic heterocycles. The molecule has 0 spiro atoms. The van der Waals surface area contributed by atoms with Gasteiger partial charge in [0, 0.05) is 6.42 Å². The van der Waals surface area contributed by atoms with Gasteiger partial charge in [-0.2, -0.15) is 0 Å². The highest BCUT2D eigenvalue weighted by atomic mass is 35.5. The molecule has 1 rings (SSSR count). The minimum atomic E-state index is -2.38. The Bertz CT molecular complexity index is 254. The average Bonchev–Trinajstić information content (AvgIpc) is 2.15. The minimum absolute atomic E-state index is 0.107. The summed E-state index contributed by atoms with van der Waals surface area (Å²) in [6, 6.07) is 8.99. The first-order valence-corrected chi connectivity index (χ1v) is 4.72. The van der Waals surface area contributed by atoms with Crippen molar-refractivity contribution in [2.75, 3.05) is 6.61 Å². The molecule has 0 amide bonds. The molecule has 1 aromatic carbocycles. The van der Waals surface area contributed by atoms with Crippen molar-refractivity contribution in [3.05, 3.63) is 30.3 Å². The SMILES string of the molecule is FC(F)CC(Cl)COc1ccccc1. The molecule has 0 aliphatic rings. The Hall–Kier alpha value is -0.830. The van der Waals surface area contributed by atoms with E-state index in [4.69, 9.17) is 16.3 Å². The molecule has 0 saturated heterocycles. The first-order valence-electron chi connectivity index (χ1n) is 4.28. The average molecular weight is 221 g/mol. The molecule has 0 saturated carbocycles. The van der Waals surface area contributed by atoms with Crippen LogP contribution in [0.4, 0.5) is 8.78 Å². The van der Waals surface area contributed by atoms with E-state index in [1.807, 2.05) is 18.2 Å². The van der Waals surface area contributed by atoms with E-state index in [0.29, 0.717) is 5.75 Å². The Labute approximate surface area is 86.6 Å². The predicted octanol–water partition coefficient (Wildman–Crippen LogP) is 3.33. The van der Waals surface area contributed by atoms with Gasteiger partial charge in [-0.1, -0.05) is 18.2 Å². The van der Waals surface area contributed by atoms with Gasteiger partial charge in [-0.25, -0.2) is 8.78 Å². The van der Waals surface area contributed by atoms with Gasteiger partial charge in [0.1, 0.15) is 12.4 Å². The summed E-state index contributed by atoms with van der Waals surface area (Å²) < 4.78 is 28.9. The number of halogens is 3. The van der Waals surface area contributed by atoms with Crippen LogP contribution in [0.1, 0.15) is 6.42 Å². The number of alkyl halides is 3. The van der Waals surface area contributed by atoms with Crippen LogP contribution in [0.25, 0.3) is 0 Å². The Morgan fingerprint density at radius 2 is 1.86 bits per heavy atom. The van der Waals surface area contributed by atoms with Crippen molar-refractivity contribution in [2.24, 2.45) is 0 Å². The van der Waals surface area contributed by atoms with Crippen LogP contribution in [0, 0.1) is 0 Å². The van der Waals surface area contributed by atoms with Gasteiger partial charge in [-0.3, -0.25) is 0 Å². The monoisotopic (exact) mass is 220 g/mol. The number of rotatable bonds is 5. The first kappa shape index (κ1) is 11.2. The number of hydrogen-bond donors (Lipinski definition) is 0. The molecule has 14 heavy (non-hydrogen) atoms. The molecule has 0 aliphatic carbocycles. The molecule has 0 bridgehead atoms. The van der Waals surface area contributed by atoms with Gasteiger partial charge in [0.2, 0.25) is 6.43 Å². The fourth-order valence-corrected chi connectivity index (χ4v) is 1.16. The lowest BCUT2D eigenvalue weighted by atomic mass is 10.3. The van der Waals surface area contributed by atoms with Crippen LogP contribution in [0.5, 0.6) is 5.75 Å². The predicted molar refractivity (Wildman–Crippen MR) is 52.2 cm³/mol. The maximum absolute atomic E-state index is 11.9. The molecule has 4 heteroatoms. The van der Waals surface area contributed by atoms with Crippen molar-refractivity contribution in [3.8, 4) is 5.75 Å². The fraction of sp³-hybridized carbons (Fsp3) is 0.400. The van der Waals surface area contributed by atoms with Crippen LogP contribution in [-0.2, 0) is 0 Å². The van der Waals surface area contributed by atoms with Crippen LogP contribution < -0.4 is 4.74 Å². The van der Waals surface area contributed by atoms with Crippen molar-refractivity contribution < 1.29 is 13.5 Å². The van der Waals surface area contributed by atoms with Gasteiger partial charge >= 0.3 is 0 Å². The van der Waals surface area contributed by atoms with Gasteiger partial charge in [0.25, 0.3) is 0 Å². The van der Waals surface area contributed by atoms with Gasteiger partial charge < -0.3 is 4.74 Å². The van der Waals surface area contributed by atoms with Crippen LogP contribution >= 0.6 is 11.6 Å². The summed E-state index contributed by atoms with van der Waals surface area (Å²) in [6.07, 6.45) is -2.72. The summed E-state index contributed by atoms with van der Waals surface area (Å²) in [4.78, 5) is 0. The lowest BCUT2D eigenvalue weighted by molar-refractivity contribution is 0.128. The highest BCUT2D eigenvalue weighted by Gasteiger charge is 2.12. The van der Waals surface area contributed by atoms with Crippen molar-refractivity contribution in [3.63, 3.8) is 0 Å². The van der Waals surface area contributed by atoms with Crippen LogP contribution in [0.3, 0.4) is 0 Å². The summed E-state index contributed by atoms with van der Waals surface area (Å²) in [6.45, 7) is 0.107. The number of benzene rings is 1. The molecule has 1 atom stereocenters. The second kappa shape index (κ2) is 5.81. The molecule has 78 valence electrons. The van der Waals surface area contributed by atoms with E-state index in [-0.39, 0.29) is 13.0 Å². The van der Waals surface area contributed by atoms with Gasteiger partial charge in [-0.15, -0.1) is 11.6 Å². The van der Waals surface area contributed by atoms with Gasteiger partial charge in [0.05, 0.1) is 5.38 Å². The Balaban J connectivity index is 2.27. The number of ether oxygens (including phenoxy) is 1. The summed E-state index contributed by atoms with van der Waals surface area (Å²) in [5.74, 6) is 0.646. The summed E-state index contributed by atoms with van der Waals surface area (Å²) in [7, 11) is 0. The molecule has 1 aromatic rings. The molecule has 0 fully saturated rings. The lowest BCUT2D eigenvalue weighted by Crippen LogP contribution is -2.14.